The van der Waals surface area contributed by atoms with Gasteiger partial charge in [-0.15, -0.1) is 0 Å². The molecule has 0 atom stereocenters. The number of aliphatic imine (C=N–C) groups is 1. The zero-order chi connectivity index (χ0) is 19.2. The van der Waals surface area contributed by atoms with Gasteiger partial charge in [0, 0.05) is 32.7 Å². The fraction of sp³-hybridized carbons (Fsp3) is 0.588. The van der Waals surface area contributed by atoms with Crippen molar-refractivity contribution in [1.29, 1.82) is 0 Å². The van der Waals surface area contributed by atoms with Gasteiger partial charge < -0.3 is 30.0 Å². The molecule has 26 heavy (non-hydrogen) atoms. The predicted molar refractivity (Wildman–Crippen MR) is 96.9 cm³/mol. The lowest BCUT2D eigenvalue weighted by molar-refractivity contribution is 0.0186. The number of piperazine rings is 1. The smallest absolute Gasteiger partial charge is 0.410 e. The molecule has 2 amide bonds. The molecular weight excluding hydrogens is 338 g/mol. The molecule has 3 N–H and O–H groups in total. The summed E-state index contributed by atoms with van der Waals surface area (Å²) in [7, 11) is 0. The van der Waals surface area contributed by atoms with Gasteiger partial charge >= 0.3 is 6.09 Å². The number of nitrogens with two attached hydrogens (primary N) is 1. The molecule has 0 radical (unpaired) electrons. The molecule has 144 valence electrons. The van der Waals surface area contributed by atoms with E-state index >= 15 is 0 Å². The molecule has 1 aliphatic rings. The summed E-state index contributed by atoms with van der Waals surface area (Å²) < 4.78 is 10.4. The molecule has 9 nitrogen and oxygen atoms in total. The average molecular weight is 365 g/mol. The van der Waals surface area contributed by atoms with Gasteiger partial charge in [-0.2, -0.15) is 0 Å². The second kappa shape index (κ2) is 8.59. The second-order valence-electron chi connectivity index (χ2n) is 6.93. The maximum absolute atomic E-state index is 12.0. The highest BCUT2D eigenvalue weighted by atomic mass is 16.6. The summed E-state index contributed by atoms with van der Waals surface area (Å²) in [5.41, 5.74) is 5.49. The van der Waals surface area contributed by atoms with Crippen molar-refractivity contribution in [2.75, 3.05) is 39.3 Å². The molecule has 2 heterocycles. The van der Waals surface area contributed by atoms with Crippen LogP contribution in [-0.4, -0.2) is 72.6 Å². The zero-order valence-corrected chi connectivity index (χ0v) is 15.5. The Bertz CT molecular complexity index is 628. The summed E-state index contributed by atoms with van der Waals surface area (Å²) in [6, 6.07) is 3.25. The number of carbonyl (C=O) groups is 2. The van der Waals surface area contributed by atoms with Gasteiger partial charge in [0.05, 0.1) is 12.8 Å². The lowest BCUT2D eigenvalue weighted by Gasteiger charge is -2.36. The highest BCUT2D eigenvalue weighted by Crippen LogP contribution is 2.11. The molecular formula is C17H27N5O4. The second-order valence-corrected chi connectivity index (χ2v) is 6.93. The molecule has 0 unspecified atom stereocenters. The molecule has 0 saturated carbocycles. The van der Waals surface area contributed by atoms with Crippen LogP contribution in [0, 0.1) is 0 Å². The van der Waals surface area contributed by atoms with E-state index in [2.05, 4.69) is 10.3 Å². The van der Waals surface area contributed by atoms with Gasteiger partial charge in [-0.25, -0.2) is 4.79 Å². The van der Waals surface area contributed by atoms with Crippen molar-refractivity contribution in [1.82, 2.24) is 15.1 Å². The van der Waals surface area contributed by atoms with Crippen LogP contribution in [0.5, 0.6) is 0 Å². The Labute approximate surface area is 153 Å². The van der Waals surface area contributed by atoms with E-state index in [1.165, 1.54) is 6.26 Å². The third kappa shape index (κ3) is 5.98. The number of guanidine groups is 1. The van der Waals surface area contributed by atoms with Crippen LogP contribution in [-0.2, 0) is 4.74 Å². The molecule has 0 spiro atoms. The number of nitrogens with one attached hydrogen (secondary N) is 1. The van der Waals surface area contributed by atoms with E-state index in [4.69, 9.17) is 14.9 Å². The number of rotatable bonds is 4. The molecule has 9 heteroatoms. The van der Waals surface area contributed by atoms with Gasteiger partial charge in [-0.3, -0.25) is 9.79 Å². The molecule has 1 aromatic heterocycles. The van der Waals surface area contributed by atoms with Crippen LogP contribution in [0.1, 0.15) is 31.3 Å². The molecule has 1 fully saturated rings. The molecule has 1 saturated heterocycles. The van der Waals surface area contributed by atoms with Crippen LogP contribution in [0.3, 0.4) is 0 Å². The van der Waals surface area contributed by atoms with Crippen LogP contribution in [0.2, 0.25) is 0 Å². The average Bonchev–Trinajstić information content (AvgIpc) is 3.11. The van der Waals surface area contributed by atoms with Crippen molar-refractivity contribution in [2.45, 2.75) is 26.4 Å². The molecule has 2 rings (SSSR count). The van der Waals surface area contributed by atoms with Crippen LogP contribution in [0.25, 0.3) is 0 Å². The molecule has 0 aliphatic carbocycles. The predicted octanol–water partition coefficient (Wildman–Crippen LogP) is 0.877. The van der Waals surface area contributed by atoms with Crippen LogP contribution >= 0.6 is 0 Å². The minimum absolute atomic E-state index is 0.264. The first kappa shape index (κ1) is 19.6. The van der Waals surface area contributed by atoms with Crippen molar-refractivity contribution in [2.24, 2.45) is 10.7 Å². The summed E-state index contributed by atoms with van der Waals surface area (Å²) in [5, 5.41) is 2.70. The van der Waals surface area contributed by atoms with E-state index in [9.17, 15) is 9.59 Å². The van der Waals surface area contributed by atoms with Gasteiger partial charge in [0.1, 0.15) is 5.60 Å². The van der Waals surface area contributed by atoms with Gasteiger partial charge in [-0.05, 0) is 32.9 Å². The van der Waals surface area contributed by atoms with Crippen LogP contribution in [0.15, 0.2) is 27.8 Å². The van der Waals surface area contributed by atoms with Crippen molar-refractivity contribution in [3.05, 3.63) is 24.2 Å². The fourth-order valence-corrected chi connectivity index (χ4v) is 2.38. The minimum Gasteiger partial charge on any atom is -0.459 e. The third-order valence-electron chi connectivity index (χ3n) is 3.67. The fourth-order valence-electron chi connectivity index (χ4n) is 2.38. The number of ether oxygens (including phenoxy) is 1. The normalized spacial score (nSPS) is 15.7. The lowest BCUT2D eigenvalue weighted by Crippen LogP contribution is -2.53. The summed E-state index contributed by atoms with van der Waals surface area (Å²) in [4.78, 5) is 31.6. The first-order valence-electron chi connectivity index (χ1n) is 8.61. The van der Waals surface area contributed by atoms with Crippen molar-refractivity contribution < 1.29 is 18.7 Å². The first-order valence-corrected chi connectivity index (χ1v) is 8.61. The summed E-state index contributed by atoms with van der Waals surface area (Å²) in [6.07, 6.45) is 1.13. The van der Waals surface area contributed by atoms with E-state index in [1.807, 2.05) is 25.7 Å². The number of hydrogen-bond donors (Lipinski definition) is 2. The summed E-state index contributed by atoms with van der Waals surface area (Å²) in [6.45, 7) is 8.49. The first-order chi connectivity index (χ1) is 12.3. The Balaban J connectivity index is 1.70. The van der Waals surface area contributed by atoms with Crippen LogP contribution < -0.4 is 11.1 Å². The number of hydrogen-bond acceptors (Lipinski definition) is 5. The highest BCUT2D eigenvalue weighted by molar-refractivity contribution is 5.91. The van der Waals surface area contributed by atoms with E-state index in [0.717, 1.165) is 0 Å². The van der Waals surface area contributed by atoms with Crippen molar-refractivity contribution >= 4 is 18.0 Å². The SMILES string of the molecule is CC(C)(C)OC(=O)N1CCN(C(N)=NCCNC(=O)c2ccco2)CC1. The maximum Gasteiger partial charge on any atom is 0.410 e. The van der Waals surface area contributed by atoms with Crippen LogP contribution in [0.4, 0.5) is 4.79 Å². The van der Waals surface area contributed by atoms with E-state index in [-0.39, 0.29) is 17.8 Å². The van der Waals surface area contributed by atoms with Gasteiger partial charge in [0.25, 0.3) is 5.91 Å². The quantitative estimate of drug-likeness (QED) is 0.465. The van der Waals surface area contributed by atoms with Gasteiger partial charge in [-0.1, -0.05) is 0 Å². The van der Waals surface area contributed by atoms with E-state index in [1.54, 1.807) is 17.0 Å². The number of furan rings is 1. The number of nitrogens with zero attached hydrogens (tertiary/aromatic N) is 3. The monoisotopic (exact) mass is 365 g/mol. The highest BCUT2D eigenvalue weighted by Gasteiger charge is 2.26. The zero-order valence-electron chi connectivity index (χ0n) is 15.5. The Morgan fingerprint density at radius 1 is 1.27 bits per heavy atom. The van der Waals surface area contributed by atoms with Gasteiger partial charge in [0.2, 0.25) is 0 Å². The Hall–Kier alpha value is -2.71. The lowest BCUT2D eigenvalue weighted by atomic mass is 10.2. The summed E-state index contributed by atoms with van der Waals surface area (Å²) >= 11 is 0. The van der Waals surface area contributed by atoms with Crippen molar-refractivity contribution in [3.63, 3.8) is 0 Å². The standard InChI is InChI=1S/C17H27N5O4/c1-17(2,3)26-16(24)22-10-8-21(9-11-22)15(18)20-7-6-19-14(23)13-5-4-12-25-13/h4-5,12H,6-11H2,1-3H3,(H2,18,20)(H,19,23). The minimum atomic E-state index is -0.505. The molecule has 0 bridgehead atoms. The molecule has 1 aliphatic heterocycles. The van der Waals surface area contributed by atoms with Gasteiger partial charge in [0.15, 0.2) is 11.7 Å². The number of carbonyl (C=O) groups excluding carboxylic acids is 2. The molecule has 0 aromatic carbocycles. The molecule has 1 aromatic rings. The maximum atomic E-state index is 12.0. The Morgan fingerprint density at radius 3 is 2.50 bits per heavy atom. The van der Waals surface area contributed by atoms with Crippen molar-refractivity contribution in [3.8, 4) is 0 Å². The third-order valence-corrected chi connectivity index (χ3v) is 3.67. The van der Waals surface area contributed by atoms with E-state index in [0.29, 0.717) is 45.2 Å². The van der Waals surface area contributed by atoms with E-state index < -0.39 is 5.60 Å². The Morgan fingerprint density at radius 2 is 1.92 bits per heavy atom. The topological polar surface area (TPSA) is 113 Å². The summed E-state index contributed by atoms with van der Waals surface area (Å²) in [5.74, 6) is 0.385. The largest absolute Gasteiger partial charge is 0.459 e. The number of amides is 2. The Kier molecular flexibility index (Phi) is 6.48.